The summed E-state index contributed by atoms with van der Waals surface area (Å²) >= 11 is 0. The number of nitrogens with zero attached hydrogens (tertiary/aromatic N) is 4. The van der Waals surface area contributed by atoms with Gasteiger partial charge in [-0.1, -0.05) is 12.1 Å². The standard InChI is InChI=1S/C11H22N6/c1-3-6-17-7-4-10(5-8-17)12-9(2)11-13-15-16-14-11/h9-10,12H,3-8H2,1-2H3,(H,13,14,15,16). The van der Waals surface area contributed by atoms with Crippen molar-refractivity contribution in [2.45, 2.75) is 45.2 Å². The normalized spacial score (nSPS) is 20.6. The molecule has 0 radical (unpaired) electrons. The van der Waals surface area contributed by atoms with Gasteiger partial charge < -0.3 is 10.2 Å². The molecule has 1 aromatic heterocycles. The summed E-state index contributed by atoms with van der Waals surface area (Å²) in [5, 5.41) is 17.7. The van der Waals surface area contributed by atoms with Crippen LogP contribution in [0.15, 0.2) is 0 Å². The molecule has 0 bridgehead atoms. The highest BCUT2D eigenvalue weighted by molar-refractivity contribution is 4.89. The van der Waals surface area contributed by atoms with E-state index in [9.17, 15) is 0 Å². The Labute approximate surface area is 102 Å². The molecule has 1 saturated heterocycles. The van der Waals surface area contributed by atoms with E-state index in [4.69, 9.17) is 0 Å². The minimum Gasteiger partial charge on any atom is -0.305 e. The molecule has 1 aromatic rings. The molecule has 2 rings (SSSR count). The van der Waals surface area contributed by atoms with Crippen molar-refractivity contribution in [3.05, 3.63) is 5.82 Å². The number of H-pyrrole nitrogens is 1. The Kier molecular flexibility index (Phi) is 4.44. The molecule has 0 saturated carbocycles. The smallest absolute Gasteiger partial charge is 0.191 e. The van der Waals surface area contributed by atoms with E-state index >= 15 is 0 Å². The Morgan fingerprint density at radius 1 is 1.47 bits per heavy atom. The summed E-state index contributed by atoms with van der Waals surface area (Å²) < 4.78 is 0. The largest absolute Gasteiger partial charge is 0.305 e. The van der Waals surface area contributed by atoms with Crippen LogP contribution in [0.2, 0.25) is 0 Å². The van der Waals surface area contributed by atoms with Crippen LogP contribution in [0.5, 0.6) is 0 Å². The average molecular weight is 238 g/mol. The topological polar surface area (TPSA) is 69.7 Å². The molecule has 6 nitrogen and oxygen atoms in total. The van der Waals surface area contributed by atoms with Crippen LogP contribution in [0.4, 0.5) is 0 Å². The third kappa shape index (κ3) is 3.47. The SMILES string of the molecule is CCCN1CCC(NC(C)c2nn[nH]n2)CC1. The van der Waals surface area contributed by atoms with Crippen molar-refractivity contribution >= 4 is 0 Å². The number of aromatic amines is 1. The van der Waals surface area contributed by atoms with E-state index in [1.807, 2.05) is 0 Å². The van der Waals surface area contributed by atoms with E-state index in [0.717, 1.165) is 5.82 Å². The molecule has 2 N–H and O–H groups in total. The zero-order valence-corrected chi connectivity index (χ0v) is 10.7. The fraction of sp³-hybridized carbons (Fsp3) is 0.909. The third-order valence-electron chi connectivity index (χ3n) is 3.36. The van der Waals surface area contributed by atoms with Crippen molar-refractivity contribution in [3.8, 4) is 0 Å². The van der Waals surface area contributed by atoms with Gasteiger partial charge in [0.25, 0.3) is 0 Å². The summed E-state index contributed by atoms with van der Waals surface area (Å²) in [5.41, 5.74) is 0. The first kappa shape index (κ1) is 12.4. The third-order valence-corrected chi connectivity index (χ3v) is 3.36. The van der Waals surface area contributed by atoms with Crippen molar-refractivity contribution in [2.75, 3.05) is 19.6 Å². The molecular weight excluding hydrogens is 216 g/mol. The number of likely N-dealkylation sites (tertiary alicyclic amines) is 1. The van der Waals surface area contributed by atoms with Crippen LogP contribution in [0.1, 0.15) is 45.0 Å². The lowest BCUT2D eigenvalue weighted by Gasteiger charge is -2.33. The molecule has 96 valence electrons. The van der Waals surface area contributed by atoms with Crippen molar-refractivity contribution in [2.24, 2.45) is 0 Å². The summed E-state index contributed by atoms with van der Waals surface area (Å²) in [7, 11) is 0. The first-order valence-electron chi connectivity index (χ1n) is 6.51. The Balaban J connectivity index is 1.74. The Morgan fingerprint density at radius 2 is 2.24 bits per heavy atom. The van der Waals surface area contributed by atoms with Gasteiger partial charge in [0, 0.05) is 6.04 Å². The summed E-state index contributed by atoms with van der Waals surface area (Å²) in [6, 6.07) is 0.757. The van der Waals surface area contributed by atoms with E-state index in [2.05, 4.69) is 44.7 Å². The van der Waals surface area contributed by atoms with Crippen LogP contribution < -0.4 is 5.32 Å². The van der Waals surface area contributed by atoms with Crippen molar-refractivity contribution in [1.29, 1.82) is 0 Å². The lowest BCUT2D eigenvalue weighted by Crippen LogP contribution is -2.43. The Morgan fingerprint density at radius 3 is 2.82 bits per heavy atom. The van der Waals surface area contributed by atoms with Crippen LogP contribution in [-0.2, 0) is 0 Å². The van der Waals surface area contributed by atoms with Gasteiger partial charge in [0.15, 0.2) is 5.82 Å². The van der Waals surface area contributed by atoms with Gasteiger partial charge in [-0.05, 0) is 45.8 Å². The summed E-state index contributed by atoms with van der Waals surface area (Å²) in [6.07, 6.45) is 3.67. The fourth-order valence-corrected chi connectivity index (χ4v) is 2.42. The zero-order valence-electron chi connectivity index (χ0n) is 10.7. The van der Waals surface area contributed by atoms with E-state index in [1.54, 1.807) is 0 Å². The molecule has 1 fully saturated rings. The fourth-order valence-electron chi connectivity index (χ4n) is 2.42. The van der Waals surface area contributed by atoms with E-state index in [1.165, 1.54) is 38.9 Å². The lowest BCUT2D eigenvalue weighted by molar-refractivity contribution is 0.191. The second-order valence-corrected chi connectivity index (χ2v) is 4.77. The van der Waals surface area contributed by atoms with E-state index < -0.39 is 0 Å². The molecule has 0 spiro atoms. The highest BCUT2D eigenvalue weighted by Gasteiger charge is 2.21. The van der Waals surface area contributed by atoms with E-state index in [0.29, 0.717) is 6.04 Å². The quantitative estimate of drug-likeness (QED) is 0.791. The number of nitrogens with one attached hydrogen (secondary N) is 2. The lowest BCUT2D eigenvalue weighted by atomic mass is 10.0. The maximum absolute atomic E-state index is 4.01. The van der Waals surface area contributed by atoms with Gasteiger partial charge in [0.05, 0.1) is 6.04 Å². The minimum absolute atomic E-state index is 0.177. The van der Waals surface area contributed by atoms with Gasteiger partial charge in [-0.25, -0.2) is 0 Å². The van der Waals surface area contributed by atoms with Gasteiger partial charge in [-0.2, -0.15) is 5.21 Å². The van der Waals surface area contributed by atoms with Gasteiger partial charge in [-0.15, -0.1) is 10.2 Å². The second-order valence-electron chi connectivity index (χ2n) is 4.77. The maximum atomic E-state index is 4.01. The monoisotopic (exact) mass is 238 g/mol. The van der Waals surface area contributed by atoms with Crippen molar-refractivity contribution < 1.29 is 0 Å². The maximum Gasteiger partial charge on any atom is 0.191 e. The van der Waals surface area contributed by atoms with E-state index in [-0.39, 0.29) is 6.04 Å². The number of hydrogen-bond acceptors (Lipinski definition) is 5. The first-order chi connectivity index (χ1) is 8.29. The molecule has 0 aromatic carbocycles. The van der Waals surface area contributed by atoms with Crippen LogP contribution in [0, 0.1) is 0 Å². The van der Waals surface area contributed by atoms with Crippen LogP contribution in [-0.4, -0.2) is 51.2 Å². The van der Waals surface area contributed by atoms with Crippen molar-refractivity contribution in [1.82, 2.24) is 30.8 Å². The molecule has 1 aliphatic heterocycles. The molecule has 1 atom stereocenters. The molecule has 0 aliphatic carbocycles. The number of rotatable bonds is 5. The van der Waals surface area contributed by atoms with Gasteiger partial charge >= 0.3 is 0 Å². The highest BCUT2D eigenvalue weighted by atomic mass is 15.5. The first-order valence-corrected chi connectivity index (χ1v) is 6.51. The Bertz CT molecular complexity index is 304. The highest BCUT2D eigenvalue weighted by Crippen LogP contribution is 2.14. The predicted molar refractivity (Wildman–Crippen MR) is 65.5 cm³/mol. The average Bonchev–Trinajstić information content (AvgIpc) is 2.86. The molecule has 2 heterocycles. The Hall–Kier alpha value is -1.01. The number of aromatic nitrogens is 4. The number of piperidine rings is 1. The van der Waals surface area contributed by atoms with Crippen molar-refractivity contribution in [3.63, 3.8) is 0 Å². The molecule has 17 heavy (non-hydrogen) atoms. The predicted octanol–water partition coefficient (Wildman–Crippen LogP) is 0.725. The molecule has 6 heteroatoms. The second kappa shape index (κ2) is 6.07. The summed E-state index contributed by atoms with van der Waals surface area (Å²) in [5.74, 6) is 0.751. The zero-order chi connectivity index (χ0) is 12.1. The molecular formula is C11H22N6. The van der Waals surface area contributed by atoms with Crippen LogP contribution >= 0.6 is 0 Å². The molecule has 1 unspecified atom stereocenters. The van der Waals surface area contributed by atoms with Gasteiger partial charge in [0.2, 0.25) is 0 Å². The molecule has 0 amide bonds. The number of hydrogen-bond donors (Lipinski definition) is 2. The number of tetrazole rings is 1. The molecule has 1 aliphatic rings. The van der Waals surface area contributed by atoms with Gasteiger partial charge in [0.1, 0.15) is 0 Å². The van der Waals surface area contributed by atoms with Crippen LogP contribution in [0.25, 0.3) is 0 Å². The summed E-state index contributed by atoms with van der Waals surface area (Å²) in [6.45, 7) is 7.95. The summed E-state index contributed by atoms with van der Waals surface area (Å²) in [4.78, 5) is 2.54. The van der Waals surface area contributed by atoms with Gasteiger partial charge in [-0.3, -0.25) is 0 Å². The minimum atomic E-state index is 0.177. The van der Waals surface area contributed by atoms with Crippen LogP contribution in [0.3, 0.4) is 0 Å².